The van der Waals surface area contributed by atoms with Gasteiger partial charge in [0.25, 0.3) is 0 Å². The largest absolute Gasteiger partial charge is 0.461 e. The van der Waals surface area contributed by atoms with Gasteiger partial charge in [0.1, 0.15) is 6.61 Å². The third-order valence-electron chi connectivity index (χ3n) is 3.09. The number of esters is 1. The highest BCUT2D eigenvalue weighted by atomic mass is 32.2. The minimum absolute atomic E-state index is 0.0603. The second kappa shape index (κ2) is 5.97. The highest BCUT2D eigenvalue weighted by molar-refractivity contribution is 8.00. The van der Waals surface area contributed by atoms with Gasteiger partial charge in [-0.3, -0.25) is 0 Å². The molecule has 3 heteroatoms. The fraction of sp³-hybridized carbons (Fsp3) is 0.118. The summed E-state index contributed by atoms with van der Waals surface area (Å²) in [5.41, 5.74) is 1.77. The number of thioether (sulfide) groups is 1. The summed E-state index contributed by atoms with van der Waals surface area (Å²) >= 11 is 1.67. The van der Waals surface area contributed by atoms with E-state index in [1.165, 1.54) is 0 Å². The van der Waals surface area contributed by atoms with Crippen molar-refractivity contribution in [1.82, 2.24) is 0 Å². The topological polar surface area (TPSA) is 26.3 Å². The van der Waals surface area contributed by atoms with Gasteiger partial charge in [0.15, 0.2) is 0 Å². The van der Waals surface area contributed by atoms with E-state index in [4.69, 9.17) is 4.74 Å². The molecule has 0 aliphatic carbocycles. The van der Waals surface area contributed by atoms with Crippen molar-refractivity contribution < 1.29 is 9.53 Å². The zero-order chi connectivity index (χ0) is 13.8. The maximum absolute atomic E-state index is 11.9. The lowest BCUT2D eigenvalue weighted by Gasteiger charge is -2.08. The molecule has 2 aromatic rings. The average molecular weight is 282 g/mol. The molecule has 1 unspecified atom stereocenters. The monoisotopic (exact) mass is 282 g/mol. The molecule has 2 nitrogen and oxygen atoms in total. The molecule has 0 saturated carbocycles. The summed E-state index contributed by atoms with van der Waals surface area (Å²) in [5.74, 6) is -0.206. The van der Waals surface area contributed by atoms with Crippen molar-refractivity contribution in [2.24, 2.45) is 0 Å². The van der Waals surface area contributed by atoms with E-state index in [9.17, 15) is 4.79 Å². The number of hydrogen-bond acceptors (Lipinski definition) is 3. The Morgan fingerprint density at radius 2 is 1.65 bits per heavy atom. The van der Waals surface area contributed by atoms with Gasteiger partial charge in [-0.05, 0) is 23.8 Å². The highest BCUT2D eigenvalue weighted by Crippen LogP contribution is 2.33. The van der Waals surface area contributed by atoms with Crippen LogP contribution in [0.2, 0.25) is 0 Å². The van der Waals surface area contributed by atoms with Gasteiger partial charge in [-0.1, -0.05) is 48.5 Å². The van der Waals surface area contributed by atoms with Crippen molar-refractivity contribution in [1.29, 1.82) is 0 Å². The summed E-state index contributed by atoms with van der Waals surface area (Å²) in [6, 6.07) is 20.0. The second-order valence-electron chi connectivity index (χ2n) is 4.53. The molecule has 2 aromatic carbocycles. The van der Waals surface area contributed by atoms with E-state index in [2.05, 4.69) is 0 Å². The molecule has 0 N–H and O–H groups in total. The third-order valence-corrected chi connectivity index (χ3v) is 4.31. The van der Waals surface area contributed by atoms with Gasteiger partial charge in [0.2, 0.25) is 0 Å². The first-order valence-electron chi connectivity index (χ1n) is 6.48. The number of ether oxygens (including phenoxy) is 1. The Hall–Kier alpha value is -2.00. The number of cyclic esters (lactones) is 1. The zero-order valence-corrected chi connectivity index (χ0v) is 11.7. The second-order valence-corrected chi connectivity index (χ2v) is 5.80. The smallest absolute Gasteiger partial charge is 0.335 e. The molecule has 0 amide bonds. The molecule has 1 atom stereocenters. The fourth-order valence-electron chi connectivity index (χ4n) is 2.10. The molecule has 0 spiro atoms. The number of hydrogen-bond donors (Lipinski definition) is 0. The molecule has 0 aromatic heterocycles. The van der Waals surface area contributed by atoms with Gasteiger partial charge in [0, 0.05) is 4.90 Å². The molecule has 1 aliphatic heterocycles. The number of rotatable bonds is 3. The Labute approximate surface area is 122 Å². The molecule has 1 saturated heterocycles. The normalized spacial score (nSPS) is 20.1. The van der Waals surface area contributed by atoms with Crippen molar-refractivity contribution in [3.63, 3.8) is 0 Å². The molecule has 1 aliphatic rings. The van der Waals surface area contributed by atoms with E-state index in [-0.39, 0.29) is 11.2 Å². The minimum atomic E-state index is -0.206. The molecular weight excluding hydrogens is 268 g/mol. The van der Waals surface area contributed by atoms with E-state index in [0.29, 0.717) is 6.61 Å². The number of benzene rings is 2. The summed E-state index contributed by atoms with van der Waals surface area (Å²) in [6.07, 6.45) is 1.93. The van der Waals surface area contributed by atoms with Crippen LogP contribution in [0.1, 0.15) is 5.56 Å². The molecule has 20 heavy (non-hydrogen) atoms. The Morgan fingerprint density at radius 1 is 1.00 bits per heavy atom. The minimum Gasteiger partial charge on any atom is -0.461 e. The predicted octanol–water partition coefficient (Wildman–Crippen LogP) is 3.79. The van der Waals surface area contributed by atoms with Crippen molar-refractivity contribution in [2.75, 3.05) is 6.61 Å². The van der Waals surface area contributed by atoms with Crippen LogP contribution in [0.15, 0.2) is 71.1 Å². The standard InChI is InChI=1S/C17H14O2S/c18-17-15(11-13-7-3-1-4-8-13)16(12-19-17)20-14-9-5-2-6-10-14/h1-11,16H,12H2. The first-order chi connectivity index (χ1) is 9.83. The van der Waals surface area contributed by atoms with Crippen LogP contribution in [-0.4, -0.2) is 17.8 Å². The highest BCUT2D eigenvalue weighted by Gasteiger charge is 2.31. The molecule has 1 fully saturated rings. The molecule has 0 radical (unpaired) electrons. The Kier molecular flexibility index (Phi) is 3.88. The lowest BCUT2D eigenvalue weighted by Crippen LogP contribution is -2.05. The summed E-state index contributed by atoms with van der Waals surface area (Å²) < 4.78 is 5.19. The van der Waals surface area contributed by atoms with Crippen LogP contribution in [0.4, 0.5) is 0 Å². The van der Waals surface area contributed by atoms with Crippen LogP contribution in [0.3, 0.4) is 0 Å². The van der Waals surface area contributed by atoms with Crippen molar-refractivity contribution in [2.45, 2.75) is 10.1 Å². The van der Waals surface area contributed by atoms with Gasteiger partial charge in [-0.2, -0.15) is 0 Å². The van der Waals surface area contributed by atoms with E-state index >= 15 is 0 Å². The van der Waals surface area contributed by atoms with Crippen LogP contribution < -0.4 is 0 Å². The Balaban J connectivity index is 1.84. The van der Waals surface area contributed by atoms with Crippen LogP contribution in [0.5, 0.6) is 0 Å². The van der Waals surface area contributed by atoms with Crippen LogP contribution in [-0.2, 0) is 9.53 Å². The van der Waals surface area contributed by atoms with Crippen LogP contribution in [0.25, 0.3) is 6.08 Å². The number of carbonyl (C=O) groups excluding carboxylic acids is 1. The molecule has 1 heterocycles. The third kappa shape index (κ3) is 2.94. The first-order valence-corrected chi connectivity index (χ1v) is 7.36. The van der Waals surface area contributed by atoms with Crippen LogP contribution in [0, 0.1) is 0 Å². The van der Waals surface area contributed by atoms with Crippen molar-refractivity contribution >= 4 is 23.8 Å². The number of carbonyl (C=O) groups is 1. The maximum Gasteiger partial charge on any atom is 0.335 e. The van der Waals surface area contributed by atoms with Gasteiger partial charge >= 0.3 is 5.97 Å². The van der Waals surface area contributed by atoms with Crippen LogP contribution >= 0.6 is 11.8 Å². The quantitative estimate of drug-likeness (QED) is 0.633. The first kappa shape index (κ1) is 13.0. The van der Waals surface area contributed by atoms with Gasteiger partial charge < -0.3 is 4.74 Å². The zero-order valence-electron chi connectivity index (χ0n) is 10.9. The van der Waals surface area contributed by atoms with Gasteiger partial charge in [-0.25, -0.2) is 4.79 Å². The molecule has 3 rings (SSSR count). The van der Waals surface area contributed by atoms with E-state index in [0.717, 1.165) is 16.0 Å². The van der Waals surface area contributed by atoms with E-state index in [1.54, 1.807) is 11.8 Å². The fourth-order valence-corrected chi connectivity index (χ4v) is 3.17. The van der Waals surface area contributed by atoms with E-state index in [1.807, 2.05) is 66.7 Å². The molecule has 0 bridgehead atoms. The average Bonchev–Trinajstić information content (AvgIpc) is 2.83. The van der Waals surface area contributed by atoms with E-state index < -0.39 is 0 Å². The summed E-state index contributed by atoms with van der Waals surface area (Å²) in [7, 11) is 0. The lowest BCUT2D eigenvalue weighted by atomic mass is 10.1. The predicted molar refractivity (Wildman–Crippen MR) is 81.5 cm³/mol. The summed E-state index contributed by atoms with van der Waals surface area (Å²) in [6.45, 7) is 0.442. The molecular formula is C17H14O2S. The SMILES string of the molecule is O=C1OCC(Sc2ccccc2)C1=Cc1ccccc1. The maximum atomic E-state index is 11.9. The Morgan fingerprint density at radius 3 is 2.35 bits per heavy atom. The molecule has 100 valence electrons. The summed E-state index contributed by atoms with van der Waals surface area (Å²) in [4.78, 5) is 13.0. The Bertz CT molecular complexity index is 620. The van der Waals surface area contributed by atoms with Gasteiger partial charge in [-0.15, -0.1) is 11.8 Å². The van der Waals surface area contributed by atoms with Crippen molar-refractivity contribution in [3.05, 3.63) is 71.8 Å². The lowest BCUT2D eigenvalue weighted by molar-refractivity contribution is -0.134. The summed E-state index contributed by atoms with van der Waals surface area (Å²) in [5, 5.41) is 0.0603. The van der Waals surface area contributed by atoms with Gasteiger partial charge in [0.05, 0.1) is 10.8 Å². The van der Waals surface area contributed by atoms with Crippen molar-refractivity contribution in [3.8, 4) is 0 Å².